The molecule has 2 fully saturated rings. The molecule has 0 aromatic rings. The first-order valence-corrected chi connectivity index (χ1v) is 56.6. The van der Waals surface area contributed by atoms with E-state index in [2.05, 4.69) is 175 Å². The van der Waals surface area contributed by atoms with Crippen molar-refractivity contribution in [2.75, 3.05) is 19.8 Å². The van der Waals surface area contributed by atoms with Gasteiger partial charge in [0.2, 0.25) is 5.79 Å². The van der Waals surface area contributed by atoms with Crippen LogP contribution in [-0.2, 0) is 71.4 Å². The average molecular weight is 1890 g/mol. The van der Waals surface area contributed by atoms with Crippen molar-refractivity contribution in [3.05, 3.63) is 134 Å². The van der Waals surface area contributed by atoms with E-state index in [4.69, 9.17) is 42.6 Å². The van der Waals surface area contributed by atoms with Gasteiger partial charge in [-0.1, -0.05) is 419 Å². The molecule has 0 N–H and O–H groups in total. The summed E-state index contributed by atoms with van der Waals surface area (Å²) in [6.07, 6.45) is 114. The lowest BCUT2D eigenvalue weighted by molar-refractivity contribution is -0.355. The Morgan fingerprint density at radius 1 is 0.259 bits per heavy atom. The zero-order valence-corrected chi connectivity index (χ0v) is 87.7. The Hall–Kier alpha value is -6.16. The predicted molar refractivity (Wildman–Crippen MR) is 565 cm³/mol. The molecule has 0 amide bonds. The van der Waals surface area contributed by atoms with Gasteiger partial charge in [-0.15, -0.1) is 0 Å². The van der Waals surface area contributed by atoms with Gasteiger partial charge in [0.15, 0.2) is 18.5 Å². The first-order chi connectivity index (χ1) is 66.4. The minimum atomic E-state index is -2.26. The molecule has 0 aliphatic carbocycles. The summed E-state index contributed by atoms with van der Waals surface area (Å²) in [4.78, 5) is 86.4. The smallest absolute Gasteiger partial charge is 0.306 e. The maximum absolute atomic E-state index is 15.0. The van der Waals surface area contributed by atoms with Crippen LogP contribution in [0.15, 0.2) is 134 Å². The van der Waals surface area contributed by atoms with Crippen molar-refractivity contribution in [1.29, 1.82) is 0 Å². The summed E-state index contributed by atoms with van der Waals surface area (Å²) in [6, 6.07) is 0. The zero-order chi connectivity index (χ0) is 97.2. The van der Waals surface area contributed by atoms with E-state index in [-0.39, 0.29) is 69.9 Å². The van der Waals surface area contributed by atoms with Crippen LogP contribution in [-0.4, -0.2) is 98.2 Å². The van der Waals surface area contributed by atoms with Gasteiger partial charge in [-0.25, -0.2) is 0 Å². The van der Waals surface area contributed by atoms with E-state index in [1.165, 1.54) is 148 Å². The molecule has 0 aromatic carbocycles. The number of ether oxygens (including phenoxy) is 9. The van der Waals surface area contributed by atoms with Gasteiger partial charge in [-0.3, -0.25) is 28.8 Å². The number of unbranched alkanes of at least 4 members (excludes halogenated alkanes) is 51. The first-order valence-electron chi connectivity index (χ1n) is 56.6. The average Bonchev–Trinajstić information content (AvgIpc) is 1.60. The monoisotopic (exact) mass is 1890 g/mol. The van der Waals surface area contributed by atoms with Crippen LogP contribution in [0.4, 0.5) is 0 Å². The summed E-state index contributed by atoms with van der Waals surface area (Å²) in [5, 5.41) is 0. The van der Waals surface area contributed by atoms with Crippen molar-refractivity contribution in [2.45, 2.75) is 572 Å². The third-order valence-corrected chi connectivity index (χ3v) is 25.6. The number of allylic oxidation sites excluding steroid dienone is 22. The highest BCUT2D eigenvalue weighted by Gasteiger charge is 2.63. The van der Waals surface area contributed by atoms with Crippen molar-refractivity contribution < 1.29 is 71.4 Å². The fourth-order valence-electron chi connectivity index (χ4n) is 17.3. The molecule has 0 saturated carbocycles. The fourth-order valence-corrected chi connectivity index (χ4v) is 17.3. The lowest BCUT2D eigenvalue weighted by Crippen LogP contribution is -2.56. The Kier molecular flexibility index (Phi) is 89.5. The zero-order valence-electron chi connectivity index (χ0n) is 87.7. The van der Waals surface area contributed by atoms with Crippen LogP contribution in [0, 0.1) is 0 Å². The van der Waals surface area contributed by atoms with Crippen LogP contribution >= 0.6 is 0 Å². The number of carbonyl (C=O) groups is 6. The molecule has 2 aliphatic rings. The summed E-state index contributed by atoms with van der Waals surface area (Å²) < 4.78 is 59.6. The van der Waals surface area contributed by atoms with E-state index in [1.807, 2.05) is 0 Å². The molecular weight excluding hydrogens is 1680 g/mol. The van der Waals surface area contributed by atoms with Crippen molar-refractivity contribution >= 4 is 35.8 Å². The quantitative estimate of drug-likeness (QED) is 0.0242. The number of hydrogen-bond acceptors (Lipinski definition) is 15. The van der Waals surface area contributed by atoms with Crippen molar-refractivity contribution in [3.63, 3.8) is 0 Å². The largest absolute Gasteiger partial charge is 0.463 e. The Morgan fingerprint density at radius 2 is 0.511 bits per heavy atom. The van der Waals surface area contributed by atoms with Gasteiger partial charge in [0.25, 0.3) is 0 Å². The molecule has 2 rings (SSSR count). The number of carbonyl (C=O) groups excluding carboxylic acids is 6. The van der Waals surface area contributed by atoms with Gasteiger partial charge in [-0.05, 0) is 193 Å². The minimum Gasteiger partial charge on any atom is -0.463 e. The summed E-state index contributed by atoms with van der Waals surface area (Å²) in [5.74, 6) is -5.15. The highest BCUT2D eigenvalue weighted by molar-refractivity contribution is 5.72. The Morgan fingerprint density at radius 3 is 0.844 bits per heavy atom. The van der Waals surface area contributed by atoms with Crippen molar-refractivity contribution in [2.24, 2.45) is 0 Å². The molecular formula is C120H204O15. The van der Waals surface area contributed by atoms with Crippen LogP contribution in [0.25, 0.3) is 0 Å². The molecule has 0 aromatic heterocycles. The third-order valence-electron chi connectivity index (χ3n) is 25.6. The van der Waals surface area contributed by atoms with Crippen LogP contribution < -0.4 is 0 Å². The molecule has 2 aliphatic heterocycles. The second-order valence-electron chi connectivity index (χ2n) is 38.4. The van der Waals surface area contributed by atoms with Gasteiger partial charge in [0.1, 0.15) is 32.0 Å². The molecule has 0 bridgehead atoms. The number of esters is 6. The highest BCUT2D eigenvalue weighted by Crippen LogP contribution is 2.42. The minimum absolute atomic E-state index is 0.0135. The summed E-state index contributed by atoms with van der Waals surface area (Å²) in [7, 11) is 0. The lowest BCUT2D eigenvalue weighted by atomic mass is 10.0. The Bertz CT molecular complexity index is 3110. The molecule has 774 valence electrons. The molecule has 15 nitrogen and oxygen atoms in total. The van der Waals surface area contributed by atoms with E-state index >= 15 is 0 Å². The van der Waals surface area contributed by atoms with E-state index < -0.39 is 79.7 Å². The maximum atomic E-state index is 15.0. The predicted octanol–water partition coefficient (Wildman–Crippen LogP) is 35.1. The van der Waals surface area contributed by atoms with E-state index in [1.54, 1.807) is 0 Å². The van der Waals surface area contributed by atoms with E-state index in [0.717, 1.165) is 250 Å². The standard InChI is InChI=1S/C120H204O15/c1-7-13-19-25-31-37-43-49-55-61-67-73-79-85-91-97-111(121)127-105-109-103-108(130-114(124)100-94-88-82-76-70-64-58-52-46-40-34-28-22-16-10-4)104-117(131-109)135-120(107-129-113(123)99-93-87-81-75-69-63-57-51-45-39-33-27-21-15-9-3)119(133-116(126)102-96-90-84-78-72-66-60-54-48-42-36-30-24-18-12-6)118(132-115(125)101-95-89-83-77-71-65-59-53-47-41-35-29-23-17-11-5)110(134-120)106-128-112(122)98-92-86-80-74-68-62-56-50-44-38-32-26-20-14-8-2/h16,18,22,24,32-34,36,38-40,42,50-54,56-60,108-110,117-119H,7-15,17,19-21,23,25-31,35,37,41,43-49,55,61-107H2,1-6H3/b22-16-,24-18-,38-32-,39-33-,40-34-,42-36-,56-50-,57-51-,58-52-,59-53-,60-54-/t108-,109-,110+,117+,118+,119-,120-/m0/s1. The Balaban J connectivity index is 2.69. The van der Waals surface area contributed by atoms with E-state index in [9.17, 15) is 28.8 Å². The molecule has 135 heavy (non-hydrogen) atoms. The molecule has 0 radical (unpaired) electrons. The molecule has 0 spiro atoms. The third kappa shape index (κ3) is 79.2. The Labute approximate surface area is 828 Å². The maximum Gasteiger partial charge on any atom is 0.306 e. The number of hydrogen-bond donors (Lipinski definition) is 0. The van der Waals surface area contributed by atoms with Gasteiger partial charge in [-0.2, -0.15) is 0 Å². The summed E-state index contributed by atoms with van der Waals surface area (Å²) >= 11 is 0. The topological polar surface area (TPSA) is 185 Å². The van der Waals surface area contributed by atoms with Crippen molar-refractivity contribution in [1.82, 2.24) is 0 Å². The van der Waals surface area contributed by atoms with Crippen LogP contribution in [0.3, 0.4) is 0 Å². The van der Waals surface area contributed by atoms with Crippen LogP contribution in [0.2, 0.25) is 0 Å². The first kappa shape index (κ1) is 125. The van der Waals surface area contributed by atoms with E-state index in [0.29, 0.717) is 38.5 Å². The second-order valence-corrected chi connectivity index (χ2v) is 38.4. The second kappa shape index (κ2) is 96.7. The van der Waals surface area contributed by atoms with Gasteiger partial charge in [0, 0.05) is 51.4 Å². The highest BCUT2D eigenvalue weighted by atomic mass is 16.8. The van der Waals surface area contributed by atoms with Gasteiger partial charge in [0.05, 0.1) is 6.10 Å². The molecule has 7 atom stereocenters. The summed E-state index contributed by atoms with van der Waals surface area (Å²) in [5.41, 5.74) is 0. The van der Waals surface area contributed by atoms with Crippen LogP contribution in [0.1, 0.15) is 530 Å². The van der Waals surface area contributed by atoms with Gasteiger partial charge >= 0.3 is 35.8 Å². The lowest BCUT2D eigenvalue weighted by Gasteiger charge is -2.40. The molecule has 0 unspecified atom stereocenters. The molecule has 15 heteroatoms. The van der Waals surface area contributed by atoms with Gasteiger partial charge < -0.3 is 42.6 Å². The molecule has 2 heterocycles. The summed E-state index contributed by atoms with van der Waals surface area (Å²) in [6.45, 7) is 12.1. The normalized spacial score (nSPS) is 17.9. The number of rotatable bonds is 96. The van der Waals surface area contributed by atoms with Crippen molar-refractivity contribution in [3.8, 4) is 0 Å². The van der Waals surface area contributed by atoms with Crippen LogP contribution in [0.5, 0.6) is 0 Å². The molecule has 2 saturated heterocycles. The fraction of sp³-hybridized carbons (Fsp3) is 0.767. The SMILES string of the molecule is CC/C=C\C/C=C\C/C=C\CCCCCCCC(=O)O[C@H]1C[C@@H](COC(=O)CCCCCCCCCCCCCCCCC)O[C@H](O[C@]2(COC(=O)CCCCCCC/C=C\C/C=C\CCCCC)O[C@H](COC(=O)CCCCCCC/C=C\C/C=C\CCCCC)[C@@H](OC(=O)CCCCCCC/C=C\CCCCCCCC)[C@@H]2OC(=O)CCCCCCC/C=C\C/C=C\C/C=C\CC)C1.